The average Bonchev–Trinajstić information content (AvgIpc) is 2.69. The highest BCUT2D eigenvalue weighted by Gasteiger charge is 2.34. The van der Waals surface area contributed by atoms with Crippen molar-refractivity contribution in [2.45, 2.75) is 25.8 Å². The van der Waals surface area contributed by atoms with Crippen LogP contribution in [-0.2, 0) is 16.0 Å². The first kappa shape index (κ1) is 17.1. The molecule has 2 aliphatic heterocycles. The number of hydrogen-bond donors (Lipinski definition) is 0. The Hall–Kier alpha value is -2.33. The van der Waals surface area contributed by atoms with E-state index in [9.17, 15) is 4.79 Å². The minimum absolute atomic E-state index is 0.188. The smallest absolute Gasteiger partial charge is 0.250 e. The molecule has 4 rings (SSSR count). The molecule has 1 atom stereocenters. The Morgan fingerprint density at radius 3 is 2.58 bits per heavy atom. The number of carbonyl (C=O) groups excluding carboxylic acids is 1. The molecule has 0 saturated carbocycles. The Kier molecular flexibility index (Phi) is 4.93. The number of aryl methyl sites for hydroxylation is 2. The van der Waals surface area contributed by atoms with Crippen LogP contribution in [0.5, 0.6) is 0 Å². The highest BCUT2D eigenvalue weighted by Crippen LogP contribution is 2.35. The van der Waals surface area contributed by atoms with Crippen molar-refractivity contribution in [3.05, 3.63) is 65.2 Å². The van der Waals surface area contributed by atoms with Gasteiger partial charge in [0.05, 0.1) is 13.2 Å². The molecule has 136 valence electrons. The fourth-order valence-corrected chi connectivity index (χ4v) is 4.07. The Balaban J connectivity index is 1.73. The number of morpholine rings is 1. The van der Waals surface area contributed by atoms with Gasteiger partial charge in [-0.15, -0.1) is 0 Å². The zero-order valence-corrected chi connectivity index (χ0v) is 15.4. The fourth-order valence-electron chi connectivity index (χ4n) is 4.07. The second kappa shape index (κ2) is 7.50. The third-order valence-corrected chi connectivity index (χ3v) is 5.37. The van der Waals surface area contributed by atoms with Gasteiger partial charge in [0, 0.05) is 25.3 Å². The molecule has 26 heavy (non-hydrogen) atoms. The number of amides is 1. The maximum atomic E-state index is 13.5. The van der Waals surface area contributed by atoms with Crippen LogP contribution in [-0.4, -0.2) is 43.7 Å². The van der Waals surface area contributed by atoms with Gasteiger partial charge < -0.3 is 14.5 Å². The van der Waals surface area contributed by atoms with E-state index in [2.05, 4.69) is 42.2 Å². The van der Waals surface area contributed by atoms with Crippen molar-refractivity contribution in [1.82, 2.24) is 4.90 Å². The van der Waals surface area contributed by atoms with Crippen molar-refractivity contribution in [2.75, 3.05) is 37.7 Å². The van der Waals surface area contributed by atoms with Crippen LogP contribution in [0.3, 0.4) is 0 Å². The predicted molar refractivity (Wildman–Crippen MR) is 103 cm³/mol. The minimum atomic E-state index is -0.268. The summed E-state index contributed by atoms with van der Waals surface area (Å²) in [6, 6.07) is 16.5. The van der Waals surface area contributed by atoms with Crippen LogP contribution < -0.4 is 4.90 Å². The summed E-state index contributed by atoms with van der Waals surface area (Å²) in [7, 11) is 0. The Morgan fingerprint density at radius 1 is 1.04 bits per heavy atom. The highest BCUT2D eigenvalue weighted by molar-refractivity contribution is 5.87. The summed E-state index contributed by atoms with van der Waals surface area (Å²) in [5.74, 6) is 0.188. The molecule has 0 N–H and O–H groups in total. The number of hydrogen-bond acceptors (Lipinski definition) is 3. The van der Waals surface area contributed by atoms with Crippen molar-refractivity contribution >= 4 is 11.6 Å². The maximum Gasteiger partial charge on any atom is 0.250 e. The van der Waals surface area contributed by atoms with Gasteiger partial charge in [-0.05, 0) is 37.0 Å². The normalized spacial score (nSPS) is 18.3. The Labute approximate surface area is 155 Å². The quantitative estimate of drug-likeness (QED) is 0.851. The molecule has 0 aliphatic carbocycles. The molecule has 0 spiro atoms. The molecule has 1 amide bonds. The van der Waals surface area contributed by atoms with Crippen LogP contribution >= 0.6 is 0 Å². The molecular formula is C22H26N2O2. The van der Waals surface area contributed by atoms with Crippen molar-refractivity contribution in [3.63, 3.8) is 0 Å². The average molecular weight is 350 g/mol. The molecule has 0 unspecified atom stereocenters. The van der Waals surface area contributed by atoms with Crippen LogP contribution in [0.1, 0.15) is 29.2 Å². The lowest BCUT2D eigenvalue weighted by Gasteiger charge is -2.40. The number of ether oxygens (including phenoxy) is 1. The van der Waals surface area contributed by atoms with Gasteiger partial charge in [-0.2, -0.15) is 0 Å². The lowest BCUT2D eigenvalue weighted by molar-refractivity contribution is -0.137. The second-order valence-electron chi connectivity index (χ2n) is 7.18. The van der Waals surface area contributed by atoms with Gasteiger partial charge in [-0.25, -0.2) is 0 Å². The molecule has 1 saturated heterocycles. The van der Waals surface area contributed by atoms with Gasteiger partial charge in [0.25, 0.3) is 0 Å². The summed E-state index contributed by atoms with van der Waals surface area (Å²) in [6.45, 7) is 5.65. The van der Waals surface area contributed by atoms with Crippen molar-refractivity contribution in [1.29, 1.82) is 0 Å². The summed E-state index contributed by atoms with van der Waals surface area (Å²) < 4.78 is 5.44. The zero-order valence-electron chi connectivity index (χ0n) is 15.4. The van der Waals surface area contributed by atoms with Crippen LogP contribution in [0.15, 0.2) is 48.5 Å². The summed E-state index contributed by atoms with van der Waals surface area (Å²) in [4.78, 5) is 17.8. The zero-order chi connectivity index (χ0) is 17.9. The minimum Gasteiger partial charge on any atom is -0.378 e. The standard InChI is InChI=1S/C22H26N2O2/c1-17-9-10-20-19(16-17)8-5-11-24(20)21(18-6-3-2-4-7-18)22(25)23-12-14-26-15-13-23/h2-4,6-7,9-10,16,21H,5,8,11-15H2,1H3/t21-/m0/s1. The predicted octanol–water partition coefficient (Wildman–Crippen LogP) is 3.35. The van der Waals surface area contributed by atoms with Gasteiger partial charge in [-0.1, -0.05) is 48.0 Å². The van der Waals surface area contributed by atoms with E-state index in [4.69, 9.17) is 4.74 Å². The molecule has 0 bridgehead atoms. The van der Waals surface area contributed by atoms with E-state index in [0.717, 1.165) is 24.9 Å². The highest BCUT2D eigenvalue weighted by atomic mass is 16.5. The van der Waals surface area contributed by atoms with Crippen LogP contribution in [0.25, 0.3) is 0 Å². The third kappa shape index (κ3) is 3.34. The summed E-state index contributed by atoms with van der Waals surface area (Å²) in [5, 5.41) is 0. The summed E-state index contributed by atoms with van der Waals surface area (Å²) in [6.07, 6.45) is 2.16. The summed E-state index contributed by atoms with van der Waals surface area (Å²) >= 11 is 0. The van der Waals surface area contributed by atoms with E-state index in [1.54, 1.807) is 0 Å². The number of benzene rings is 2. The van der Waals surface area contributed by atoms with Gasteiger partial charge in [0.2, 0.25) is 5.91 Å². The van der Waals surface area contributed by atoms with E-state index in [1.165, 1.54) is 16.8 Å². The van der Waals surface area contributed by atoms with E-state index in [-0.39, 0.29) is 11.9 Å². The number of nitrogens with zero attached hydrogens (tertiary/aromatic N) is 2. The molecular weight excluding hydrogens is 324 g/mol. The van der Waals surface area contributed by atoms with Crippen LogP contribution in [0.2, 0.25) is 0 Å². The second-order valence-corrected chi connectivity index (χ2v) is 7.18. The molecule has 2 aromatic rings. The molecule has 0 radical (unpaired) electrons. The first-order valence-corrected chi connectivity index (χ1v) is 9.52. The maximum absolute atomic E-state index is 13.5. The topological polar surface area (TPSA) is 32.8 Å². The molecule has 4 nitrogen and oxygen atoms in total. The summed E-state index contributed by atoms with van der Waals surface area (Å²) in [5.41, 5.74) is 4.91. The fraction of sp³-hybridized carbons (Fsp3) is 0.409. The molecule has 1 fully saturated rings. The van der Waals surface area contributed by atoms with E-state index < -0.39 is 0 Å². The van der Waals surface area contributed by atoms with Crippen molar-refractivity contribution in [3.8, 4) is 0 Å². The lowest BCUT2D eigenvalue weighted by atomic mass is 9.95. The third-order valence-electron chi connectivity index (χ3n) is 5.37. The van der Waals surface area contributed by atoms with E-state index in [0.29, 0.717) is 26.3 Å². The number of rotatable bonds is 3. The SMILES string of the molecule is Cc1ccc2c(c1)CCCN2[C@H](C(=O)N1CCOCC1)c1ccccc1. The van der Waals surface area contributed by atoms with Crippen LogP contribution in [0, 0.1) is 6.92 Å². The molecule has 0 aromatic heterocycles. The van der Waals surface area contributed by atoms with E-state index in [1.807, 2.05) is 23.1 Å². The molecule has 2 aliphatic rings. The first-order valence-electron chi connectivity index (χ1n) is 9.52. The monoisotopic (exact) mass is 350 g/mol. The molecule has 2 aromatic carbocycles. The number of anilines is 1. The molecule has 4 heteroatoms. The van der Waals surface area contributed by atoms with Crippen LogP contribution in [0.4, 0.5) is 5.69 Å². The first-order chi connectivity index (χ1) is 12.7. The van der Waals surface area contributed by atoms with Gasteiger partial charge in [-0.3, -0.25) is 4.79 Å². The van der Waals surface area contributed by atoms with Gasteiger partial charge in [0.1, 0.15) is 6.04 Å². The molecule has 2 heterocycles. The largest absolute Gasteiger partial charge is 0.378 e. The van der Waals surface area contributed by atoms with Gasteiger partial charge in [0.15, 0.2) is 0 Å². The lowest BCUT2D eigenvalue weighted by Crippen LogP contribution is -2.48. The van der Waals surface area contributed by atoms with E-state index >= 15 is 0 Å². The van der Waals surface area contributed by atoms with Gasteiger partial charge >= 0.3 is 0 Å². The number of carbonyl (C=O) groups is 1. The van der Waals surface area contributed by atoms with Crippen molar-refractivity contribution in [2.24, 2.45) is 0 Å². The van der Waals surface area contributed by atoms with Crippen molar-refractivity contribution < 1.29 is 9.53 Å². The Bertz CT molecular complexity index is 769. The number of fused-ring (bicyclic) bond motifs is 1. The Morgan fingerprint density at radius 2 is 1.81 bits per heavy atom.